The van der Waals surface area contributed by atoms with Crippen molar-refractivity contribution in [3.05, 3.63) is 45.0 Å². The van der Waals surface area contributed by atoms with Gasteiger partial charge in [-0.1, -0.05) is 48.4 Å². The van der Waals surface area contributed by atoms with Crippen LogP contribution in [0.4, 0.5) is 0 Å². The quantitative estimate of drug-likeness (QED) is 0.464. The number of rotatable bonds is 6. The summed E-state index contributed by atoms with van der Waals surface area (Å²) in [6, 6.07) is 5.30. The predicted octanol–water partition coefficient (Wildman–Crippen LogP) is 4.36. The molecule has 2 atom stereocenters. The average Bonchev–Trinajstić information content (AvgIpc) is 2.92. The molecule has 0 aliphatic carbocycles. The predicted molar refractivity (Wildman–Crippen MR) is 120 cm³/mol. The summed E-state index contributed by atoms with van der Waals surface area (Å²) in [6.07, 6.45) is 3.79. The number of benzene rings is 1. The third-order valence-electron chi connectivity index (χ3n) is 5.82. The largest absolute Gasteiger partial charge is 0.507 e. The zero-order valence-corrected chi connectivity index (χ0v) is 19.5. The summed E-state index contributed by atoms with van der Waals surface area (Å²) in [5, 5.41) is 19.6. The van der Waals surface area contributed by atoms with Gasteiger partial charge in [0.15, 0.2) is 9.84 Å². The maximum Gasteiger partial charge on any atom is 0.456 e. The number of hydrogen-bond donors (Lipinski definition) is 2. The Kier molecular flexibility index (Phi) is 6.98. The summed E-state index contributed by atoms with van der Waals surface area (Å²) >= 11 is 3.43. The molecule has 8 heteroatoms. The van der Waals surface area contributed by atoms with Gasteiger partial charge in [-0.15, -0.1) is 0 Å². The molecule has 1 fully saturated rings. The zero-order valence-electron chi connectivity index (χ0n) is 17.1. The minimum atomic E-state index is -3.28. The fourth-order valence-corrected chi connectivity index (χ4v) is 6.90. The normalized spacial score (nSPS) is 24.3. The molecule has 0 unspecified atom stereocenters. The first-order valence-corrected chi connectivity index (χ1v) is 12.6. The molecule has 1 saturated heterocycles. The van der Waals surface area contributed by atoms with Gasteiger partial charge in [0, 0.05) is 16.4 Å². The monoisotopic (exact) mass is 482 g/mol. The van der Waals surface area contributed by atoms with E-state index in [1.54, 1.807) is 12.1 Å². The number of hydrogen-bond acceptors (Lipinski definition) is 5. The first kappa shape index (κ1) is 22.6. The molecule has 0 aromatic heterocycles. The van der Waals surface area contributed by atoms with Gasteiger partial charge in [0.05, 0.1) is 17.1 Å². The minimum Gasteiger partial charge on any atom is -0.507 e. The molecule has 2 aliphatic heterocycles. The highest BCUT2D eigenvalue weighted by atomic mass is 79.9. The topological polar surface area (TPSA) is 83.8 Å². The zero-order chi connectivity index (χ0) is 21.3. The van der Waals surface area contributed by atoms with Gasteiger partial charge in [-0.05, 0) is 54.5 Å². The number of allylic oxidation sites excluding steroid dienone is 1. The van der Waals surface area contributed by atoms with E-state index in [0.29, 0.717) is 12.8 Å². The number of phenolic OH excluding ortho intramolecular Hbond substituents is 1. The molecular weight excluding hydrogens is 455 g/mol. The van der Waals surface area contributed by atoms with Crippen molar-refractivity contribution in [1.29, 1.82) is 0 Å². The van der Waals surface area contributed by atoms with E-state index in [9.17, 15) is 18.5 Å². The summed E-state index contributed by atoms with van der Waals surface area (Å²) < 4.78 is 32.0. The van der Waals surface area contributed by atoms with E-state index in [-0.39, 0.29) is 23.7 Å². The molecule has 1 aromatic rings. The lowest BCUT2D eigenvalue weighted by atomic mass is 9.74. The molecule has 2 aliphatic rings. The van der Waals surface area contributed by atoms with Gasteiger partial charge in [0.25, 0.3) is 0 Å². The van der Waals surface area contributed by atoms with E-state index in [0.717, 1.165) is 33.2 Å². The molecule has 0 saturated carbocycles. The molecule has 0 spiro atoms. The number of fused-ring (bicyclic) bond motifs is 1. The number of phenols is 1. The van der Waals surface area contributed by atoms with Crippen molar-refractivity contribution in [2.75, 3.05) is 5.75 Å². The lowest BCUT2D eigenvalue weighted by molar-refractivity contribution is 0.169. The second-order valence-corrected chi connectivity index (χ2v) is 11.2. The fourth-order valence-electron chi connectivity index (χ4n) is 4.24. The van der Waals surface area contributed by atoms with Crippen molar-refractivity contribution in [3.8, 4) is 5.75 Å². The molecular formula is C21H28BBrO5S. The van der Waals surface area contributed by atoms with Crippen LogP contribution in [0.3, 0.4) is 0 Å². The molecule has 3 rings (SSSR count). The first-order valence-electron chi connectivity index (χ1n) is 10.1. The van der Waals surface area contributed by atoms with Crippen LogP contribution in [0.15, 0.2) is 39.4 Å². The van der Waals surface area contributed by atoms with Crippen LogP contribution >= 0.6 is 15.9 Å². The summed E-state index contributed by atoms with van der Waals surface area (Å²) in [6.45, 7) is 6.07. The molecule has 0 amide bonds. The van der Waals surface area contributed by atoms with Crippen LogP contribution < -0.4 is 0 Å². The summed E-state index contributed by atoms with van der Waals surface area (Å²) in [4.78, 5) is 0. The fraction of sp³-hybridized carbons (Fsp3) is 0.524. The minimum absolute atomic E-state index is 0.0691. The lowest BCUT2D eigenvalue weighted by Gasteiger charge is -2.32. The summed E-state index contributed by atoms with van der Waals surface area (Å²) in [5.41, 5.74) is 3.68. The number of aromatic hydroxyl groups is 1. The Hall–Kier alpha value is -1.09. The van der Waals surface area contributed by atoms with Crippen molar-refractivity contribution in [2.45, 2.75) is 57.7 Å². The van der Waals surface area contributed by atoms with E-state index in [1.165, 1.54) is 0 Å². The summed E-state index contributed by atoms with van der Waals surface area (Å²) in [5.74, 6) is 0.417. The van der Waals surface area contributed by atoms with Gasteiger partial charge in [0.1, 0.15) is 5.75 Å². The highest BCUT2D eigenvalue weighted by Gasteiger charge is 2.48. The second-order valence-electron chi connectivity index (χ2n) is 8.14. The van der Waals surface area contributed by atoms with Crippen molar-refractivity contribution >= 4 is 39.0 Å². The van der Waals surface area contributed by atoms with Crippen LogP contribution in [-0.4, -0.2) is 42.8 Å². The molecule has 5 nitrogen and oxygen atoms in total. The maximum absolute atomic E-state index is 12.7. The molecule has 29 heavy (non-hydrogen) atoms. The molecule has 2 N–H and O–H groups in total. The van der Waals surface area contributed by atoms with Gasteiger partial charge in [-0.2, -0.15) is 0 Å². The van der Waals surface area contributed by atoms with Crippen LogP contribution in [0, 0.1) is 5.92 Å². The van der Waals surface area contributed by atoms with E-state index in [2.05, 4.69) is 22.9 Å². The highest BCUT2D eigenvalue weighted by molar-refractivity contribution is 9.10. The van der Waals surface area contributed by atoms with Crippen LogP contribution in [0.25, 0.3) is 6.08 Å². The Balaban J connectivity index is 1.85. The third-order valence-corrected chi connectivity index (χ3v) is 8.34. The average molecular weight is 483 g/mol. The molecule has 158 valence electrons. The van der Waals surface area contributed by atoms with E-state index in [1.807, 2.05) is 26.0 Å². The van der Waals surface area contributed by atoms with Gasteiger partial charge in [-0.25, -0.2) is 8.42 Å². The van der Waals surface area contributed by atoms with Gasteiger partial charge < -0.3 is 14.8 Å². The number of halogens is 1. The van der Waals surface area contributed by atoms with Crippen LogP contribution in [-0.2, 0) is 14.5 Å². The maximum atomic E-state index is 12.7. The van der Waals surface area contributed by atoms with Gasteiger partial charge in [0.2, 0.25) is 0 Å². The van der Waals surface area contributed by atoms with Gasteiger partial charge in [-0.3, -0.25) is 0 Å². The molecule has 1 aromatic carbocycles. The number of sulfone groups is 1. The van der Waals surface area contributed by atoms with Crippen molar-refractivity contribution in [3.63, 3.8) is 0 Å². The van der Waals surface area contributed by atoms with Crippen LogP contribution in [0.2, 0.25) is 6.32 Å². The Bertz CT molecular complexity index is 938. The van der Waals surface area contributed by atoms with Crippen molar-refractivity contribution in [1.82, 2.24) is 0 Å². The Morgan fingerprint density at radius 1 is 1.41 bits per heavy atom. The van der Waals surface area contributed by atoms with E-state index >= 15 is 0 Å². The first-order chi connectivity index (χ1) is 13.6. The van der Waals surface area contributed by atoms with Crippen LogP contribution in [0.1, 0.15) is 45.6 Å². The lowest BCUT2D eigenvalue weighted by Crippen LogP contribution is -2.42. The molecule has 0 radical (unpaired) electrons. The Labute approximate surface area is 182 Å². The molecule has 2 heterocycles. The Morgan fingerprint density at radius 3 is 2.79 bits per heavy atom. The molecule has 0 bridgehead atoms. The van der Waals surface area contributed by atoms with E-state index < -0.39 is 28.3 Å². The SMILES string of the molecule is CC/C(=C\c1cc(Br)ccc1O)CC[C@H]1OB(O)C[C@H]2C1=C(C(C)C)CS2(=O)=O. The summed E-state index contributed by atoms with van der Waals surface area (Å²) in [7, 11) is -4.33. The van der Waals surface area contributed by atoms with Gasteiger partial charge >= 0.3 is 7.12 Å². The Morgan fingerprint density at radius 2 is 2.14 bits per heavy atom. The third kappa shape index (κ3) is 4.98. The van der Waals surface area contributed by atoms with E-state index in [4.69, 9.17) is 4.65 Å². The highest BCUT2D eigenvalue weighted by Crippen LogP contribution is 2.42. The second kappa shape index (κ2) is 8.96. The van der Waals surface area contributed by atoms with Crippen molar-refractivity contribution < 1.29 is 23.2 Å². The smallest absolute Gasteiger partial charge is 0.456 e. The van der Waals surface area contributed by atoms with Crippen LogP contribution in [0.5, 0.6) is 5.75 Å². The van der Waals surface area contributed by atoms with Crippen molar-refractivity contribution in [2.24, 2.45) is 5.92 Å². The standard InChI is InChI=1S/C21H28BBrO5S/c1-4-14(9-15-10-16(23)6-7-18(15)24)5-8-19-21-17(13(2)3)12-29(26,27)20(21)11-22(25)28-19/h6-7,9-10,13,19-20,24-25H,4-5,8,11-12H2,1-3H3/b14-9+/t19-,20+/m1/s1.